The summed E-state index contributed by atoms with van der Waals surface area (Å²) in [5, 5.41) is 3.34. The van der Waals surface area contributed by atoms with Gasteiger partial charge in [-0.25, -0.2) is 0 Å². The van der Waals surface area contributed by atoms with Crippen molar-refractivity contribution in [3.05, 3.63) is 62.5 Å². The lowest BCUT2D eigenvalue weighted by Gasteiger charge is -2.20. The summed E-state index contributed by atoms with van der Waals surface area (Å²) in [5.74, 6) is 0.877. The first-order valence-corrected chi connectivity index (χ1v) is 7.50. The third kappa shape index (κ3) is 3.38. The predicted octanol–water partition coefficient (Wildman–Crippen LogP) is 4.53. The maximum Gasteiger partial charge on any atom is 0.124 e. The summed E-state index contributed by atoms with van der Waals surface area (Å²) in [6.45, 7) is 0. The zero-order valence-corrected chi connectivity index (χ0v) is 14.0. The summed E-state index contributed by atoms with van der Waals surface area (Å²) >= 11 is 7.03. The minimum atomic E-state index is 0.0879. The lowest BCUT2D eigenvalue weighted by Crippen LogP contribution is -2.18. The van der Waals surface area contributed by atoms with Crippen molar-refractivity contribution < 1.29 is 4.74 Å². The Hall–Kier alpha value is -0.840. The molecule has 1 atom stereocenters. The van der Waals surface area contributed by atoms with Crippen LogP contribution in [0.5, 0.6) is 5.75 Å². The Balaban J connectivity index is 2.50. The Morgan fingerprint density at radius 3 is 2.42 bits per heavy atom. The van der Waals surface area contributed by atoms with E-state index in [9.17, 15) is 0 Å². The van der Waals surface area contributed by atoms with Crippen LogP contribution in [0.25, 0.3) is 0 Å². The van der Waals surface area contributed by atoms with E-state index in [0.717, 1.165) is 20.3 Å². The monoisotopic (exact) mass is 383 g/mol. The molecular formula is C15H15Br2NO. The van der Waals surface area contributed by atoms with Crippen LogP contribution in [0.3, 0.4) is 0 Å². The van der Waals surface area contributed by atoms with Crippen molar-refractivity contribution in [2.24, 2.45) is 0 Å². The Labute approximate surface area is 130 Å². The van der Waals surface area contributed by atoms with Crippen LogP contribution < -0.4 is 10.1 Å². The number of methoxy groups -OCH3 is 1. The highest BCUT2D eigenvalue weighted by atomic mass is 79.9. The molecule has 2 nitrogen and oxygen atoms in total. The van der Waals surface area contributed by atoms with Gasteiger partial charge in [0.25, 0.3) is 0 Å². The normalized spacial score (nSPS) is 12.2. The van der Waals surface area contributed by atoms with Crippen LogP contribution in [-0.2, 0) is 0 Å². The Morgan fingerprint density at radius 1 is 1.05 bits per heavy atom. The van der Waals surface area contributed by atoms with Gasteiger partial charge >= 0.3 is 0 Å². The van der Waals surface area contributed by atoms with Crippen molar-refractivity contribution in [2.45, 2.75) is 6.04 Å². The molecule has 19 heavy (non-hydrogen) atoms. The number of halogens is 2. The van der Waals surface area contributed by atoms with E-state index in [1.807, 2.05) is 31.3 Å². The molecule has 0 heterocycles. The lowest BCUT2D eigenvalue weighted by atomic mass is 9.98. The van der Waals surface area contributed by atoms with Gasteiger partial charge in [0.1, 0.15) is 5.75 Å². The molecule has 0 aromatic heterocycles. The quantitative estimate of drug-likeness (QED) is 0.836. The molecule has 0 amide bonds. The minimum absolute atomic E-state index is 0.0879. The van der Waals surface area contributed by atoms with E-state index in [1.54, 1.807) is 7.11 Å². The highest BCUT2D eigenvalue weighted by Crippen LogP contribution is 2.33. The molecule has 0 radical (unpaired) electrons. The maximum atomic E-state index is 5.46. The van der Waals surface area contributed by atoms with Gasteiger partial charge in [-0.3, -0.25) is 0 Å². The van der Waals surface area contributed by atoms with Crippen LogP contribution >= 0.6 is 31.9 Å². The number of ether oxygens (including phenoxy) is 1. The van der Waals surface area contributed by atoms with Gasteiger partial charge in [-0.15, -0.1) is 0 Å². The number of benzene rings is 2. The second kappa shape index (κ2) is 6.55. The molecule has 0 saturated carbocycles. The molecule has 2 aromatic rings. The molecule has 1 N–H and O–H groups in total. The van der Waals surface area contributed by atoms with Gasteiger partial charge in [0, 0.05) is 14.5 Å². The van der Waals surface area contributed by atoms with E-state index in [2.05, 4.69) is 55.4 Å². The van der Waals surface area contributed by atoms with E-state index in [1.165, 1.54) is 5.56 Å². The van der Waals surface area contributed by atoms with Crippen LogP contribution in [0.4, 0.5) is 0 Å². The Bertz CT molecular complexity index is 572. The van der Waals surface area contributed by atoms with Crippen LogP contribution in [0.2, 0.25) is 0 Å². The average Bonchev–Trinajstić information content (AvgIpc) is 2.40. The van der Waals surface area contributed by atoms with Crippen LogP contribution in [0.15, 0.2) is 51.4 Å². The predicted molar refractivity (Wildman–Crippen MR) is 85.7 cm³/mol. The second-order valence-electron chi connectivity index (χ2n) is 4.16. The van der Waals surface area contributed by atoms with Gasteiger partial charge in [-0.1, -0.05) is 44.0 Å². The zero-order chi connectivity index (χ0) is 13.8. The molecule has 1 unspecified atom stereocenters. The summed E-state index contributed by atoms with van der Waals surface area (Å²) in [7, 11) is 3.65. The highest BCUT2D eigenvalue weighted by Gasteiger charge is 2.17. The molecule has 0 bridgehead atoms. The number of rotatable bonds is 4. The zero-order valence-electron chi connectivity index (χ0n) is 10.8. The Kier molecular flexibility index (Phi) is 5.02. The number of nitrogens with one attached hydrogen (secondary N) is 1. The average molecular weight is 385 g/mol. The van der Waals surface area contributed by atoms with Gasteiger partial charge < -0.3 is 10.1 Å². The SMILES string of the molecule is CNC(c1cccc(Br)c1)c1cc(Br)ccc1OC. The van der Waals surface area contributed by atoms with Crippen molar-refractivity contribution in [1.29, 1.82) is 0 Å². The summed E-state index contributed by atoms with van der Waals surface area (Å²) in [6.07, 6.45) is 0. The third-order valence-electron chi connectivity index (χ3n) is 2.97. The smallest absolute Gasteiger partial charge is 0.124 e. The van der Waals surface area contributed by atoms with Crippen LogP contribution in [0, 0.1) is 0 Å². The summed E-state index contributed by atoms with van der Waals surface area (Å²) in [5.41, 5.74) is 2.30. The van der Waals surface area contributed by atoms with Gasteiger partial charge in [0.05, 0.1) is 13.2 Å². The first kappa shape index (κ1) is 14.6. The summed E-state index contributed by atoms with van der Waals surface area (Å²) < 4.78 is 7.57. The van der Waals surface area contributed by atoms with Crippen molar-refractivity contribution in [2.75, 3.05) is 14.2 Å². The van der Waals surface area contributed by atoms with Crippen molar-refractivity contribution in [3.8, 4) is 5.75 Å². The standard InChI is InChI=1S/C15H15Br2NO/c1-18-15(10-4-3-5-11(16)8-10)13-9-12(17)6-7-14(13)19-2/h3-9,15,18H,1-2H3. The van der Waals surface area contributed by atoms with Crippen LogP contribution in [-0.4, -0.2) is 14.2 Å². The first-order chi connectivity index (χ1) is 9.15. The van der Waals surface area contributed by atoms with Crippen molar-refractivity contribution >= 4 is 31.9 Å². The molecule has 0 spiro atoms. The maximum absolute atomic E-state index is 5.46. The number of hydrogen-bond acceptors (Lipinski definition) is 2. The largest absolute Gasteiger partial charge is 0.496 e. The third-order valence-corrected chi connectivity index (χ3v) is 3.96. The molecule has 0 saturated heterocycles. The van der Waals surface area contributed by atoms with E-state index >= 15 is 0 Å². The van der Waals surface area contributed by atoms with Crippen LogP contribution in [0.1, 0.15) is 17.2 Å². The van der Waals surface area contributed by atoms with Gasteiger partial charge in [0.2, 0.25) is 0 Å². The van der Waals surface area contributed by atoms with Gasteiger partial charge in [-0.05, 0) is 42.9 Å². The topological polar surface area (TPSA) is 21.3 Å². The van der Waals surface area contributed by atoms with Gasteiger partial charge in [0.15, 0.2) is 0 Å². The van der Waals surface area contributed by atoms with E-state index in [0.29, 0.717) is 0 Å². The molecule has 0 aliphatic carbocycles. The van der Waals surface area contributed by atoms with E-state index in [4.69, 9.17) is 4.74 Å². The lowest BCUT2D eigenvalue weighted by molar-refractivity contribution is 0.405. The second-order valence-corrected chi connectivity index (χ2v) is 5.99. The first-order valence-electron chi connectivity index (χ1n) is 5.92. The minimum Gasteiger partial charge on any atom is -0.496 e. The fraction of sp³-hybridized carbons (Fsp3) is 0.200. The molecule has 100 valence electrons. The Morgan fingerprint density at radius 2 is 1.79 bits per heavy atom. The van der Waals surface area contributed by atoms with Crippen molar-refractivity contribution in [3.63, 3.8) is 0 Å². The molecule has 4 heteroatoms. The van der Waals surface area contributed by atoms with Gasteiger partial charge in [-0.2, -0.15) is 0 Å². The highest BCUT2D eigenvalue weighted by molar-refractivity contribution is 9.10. The summed E-state index contributed by atoms with van der Waals surface area (Å²) in [4.78, 5) is 0. The molecule has 0 aliphatic rings. The molecule has 0 aliphatic heterocycles. The van der Waals surface area contributed by atoms with E-state index < -0.39 is 0 Å². The summed E-state index contributed by atoms with van der Waals surface area (Å²) in [6, 6.07) is 14.4. The number of hydrogen-bond donors (Lipinski definition) is 1. The molecule has 2 aromatic carbocycles. The molecular weight excluding hydrogens is 370 g/mol. The van der Waals surface area contributed by atoms with Crippen molar-refractivity contribution in [1.82, 2.24) is 5.32 Å². The fourth-order valence-electron chi connectivity index (χ4n) is 2.12. The molecule has 0 fully saturated rings. The fourth-order valence-corrected chi connectivity index (χ4v) is 2.91. The van der Waals surface area contributed by atoms with E-state index in [-0.39, 0.29) is 6.04 Å². The molecule has 2 rings (SSSR count).